The first-order chi connectivity index (χ1) is 8.13. The number of halogens is 2. The lowest BCUT2D eigenvalue weighted by atomic mass is 10.0. The van der Waals surface area contributed by atoms with Crippen molar-refractivity contribution < 1.29 is 13.5 Å². The van der Waals surface area contributed by atoms with E-state index in [0.29, 0.717) is 11.1 Å². The monoisotopic (exact) mass is 235 g/mol. The Labute approximate surface area is 97.6 Å². The van der Waals surface area contributed by atoms with Crippen LogP contribution in [0.1, 0.15) is 0 Å². The van der Waals surface area contributed by atoms with Crippen LogP contribution in [0, 0.1) is 11.6 Å². The van der Waals surface area contributed by atoms with Gasteiger partial charge in [0.1, 0.15) is 17.3 Å². The number of hydrogen-bond donors (Lipinski definition) is 1. The molecule has 0 bridgehead atoms. The van der Waals surface area contributed by atoms with E-state index in [2.05, 4.69) is 0 Å². The van der Waals surface area contributed by atoms with Gasteiger partial charge in [-0.15, -0.1) is 0 Å². The van der Waals surface area contributed by atoms with Crippen LogP contribution in [0.3, 0.4) is 0 Å². The number of benzene rings is 2. The number of ether oxygens (including phenoxy) is 1. The summed E-state index contributed by atoms with van der Waals surface area (Å²) < 4.78 is 32.0. The highest BCUT2D eigenvalue weighted by Crippen LogP contribution is 2.32. The van der Waals surface area contributed by atoms with Crippen LogP contribution in [0.15, 0.2) is 36.4 Å². The first-order valence-corrected chi connectivity index (χ1v) is 5.01. The number of hydrogen-bond acceptors (Lipinski definition) is 2. The summed E-state index contributed by atoms with van der Waals surface area (Å²) in [6, 6.07) is 8.84. The molecular weight excluding hydrogens is 224 g/mol. The van der Waals surface area contributed by atoms with Crippen molar-refractivity contribution in [2.45, 2.75) is 0 Å². The molecule has 2 nitrogen and oxygen atoms in total. The maximum Gasteiger partial charge on any atom is 0.150 e. The van der Waals surface area contributed by atoms with Crippen molar-refractivity contribution in [2.75, 3.05) is 12.8 Å². The highest BCUT2D eigenvalue weighted by Gasteiger charge is 2.11. The minimum absolute atomic E-state index is 0.0763. The first kappa shape index (κ1) is 11.4. The van der Waals surface area contributed by atoms with Crippen LogP contribution < -0.4 is 10.5 Å². The smallest absolute Gasteiger partial charge is 0.150 e. The van der Waals surface area contributed by atoms with Crippen molar-refractivity contribution in [3.8, 4) is 16.9 Å². The van der Waals surface area contributed by atoms with Crippen molar-refractivity contribution >= 4 is 5.69 Å². The van der Waals surface area contributed by atoms with Gasteiger partial charge in [0.2, 0.25) is 0 Å². The predicted octanol–water partition coefficient (Wildman–Crippen LogP) is 3.22. The second kappa shape index (κ2) is 4.41. The van der Waals surface area contributed by atoms with Crippen LogP contribution in [0.5, 0.6) is 5.75 Å². The van der Waals surface area contributed by atoms with Crippen LogP contribution >= 0.6 is 0 Å². The molecule has 0 heterocycles. The molecule has 2 aromatic carbocycles. The molecule has 0 amide bonds. The highest BCUT2D eigenvalue weighted by atomic mass is 19.1. The molecule has 0 aromatic heterocycles. The second-order valence-electron chi connectivity index (χ2n) is 3.55. The van der Waals surface area contributed by atoms with Gasteiger partial charge in [0, 0.05) is 5.56 Å². The largest absolute Gasteiger partial charge is 0.494 e. The Morgan fingerprint density at radius 1 is 1.06 bits per heavy atom. The molecule has 0 aliphatic carbocycles. The molecule has 0 atom stereocenters. The summed E-state index contributed by atoms with van der Waals surface area (Å²) in [7, 11) is 1.39. The van der Waals surface area contributed by atoms with Crippen molar-refractivity contribution in [2.24, 2.45) is 0 Å². The fourth-order valence-electron chi connectivity index (χ4n) is 1.61. The highest BCUT2D eigenvalue weighted by molar-refractivity contribution is 5.70. The molecule has 0 aliphatic heterocycles. The molecule has 0 radical (unpaired) electrons. The van der Waals surface area contributed by atoms with Gasteiger partial charge in [-0.3, -0.25) is 0 Å². The lowest BCUT2D eigenvalue weighted by Crippen LogP contribution is -1.97. The van der Waals surface area contributed by atoms with E-state index in [1.54, 1.807) is 18.2 Å². The van der Waals surface area contributed by atoms with Crippen LogP contribution in [0.2, 0.25) is 0 Å². The minimum Gasteiger partial charge on any atom is -0.494 e. The zero-order chi connectivity index (χ0) is 12.4. The summed E-state index contributed by atoms with van der Waals surface area (Å²) in [6.07, 6.45) is 0. The summed E-state index contributed by atoms with van der Waals surface area (Å²) in [6.45, 7) is 0. The summed E-state index contributed by atoms with van der Waals surface area (Å²) in [5, 5.41) is 0. The SMILES string of the molecule is COc1cc(-c2ccccc2F)cc(F)c1N. The zero-order valence-corrected chi connectivity index (χ0v) is 9.21. The summed E-state index contributed by atoms with van der Waals surface area (Å²) in [5.74, 6) is -0.843. The van der Waals surface area contributed by atoms with Gasteiger partial charge in [0.15, 0.2) is 5.82 Å². The molecule has 0 spiro atoms. The molecule has 17 heavy (non-hydrogen) atoms. The van der Waals surface area contributed by atoms with Gasteiger partial charge in [0.05, 0.1) is 7.11 Å². The van der Waals surface area contributed by atoms with Crippen LogP contribution in [0.25, 0.3) is 11.1 Å². The van der Waals surface area contributed by atoms with Crippen LogP contribution in [-0.4, -0.2) is 7.11 Å². The summed E-state index contributed by atoms with van der Waals surface area (Å²) >= 11 is 0. The van der Waals surface area contributed by atoms with Crippen molar-refractivity contribution in [3.05, 3.63) is 48.0 Å². The number of methoxy groups -OCH3 is 1. The molecule has 0 saturated carbocycles. The Morgan fingerprint density at radius 3 is 2.41 bits per heavy atom. The Kier molecular flexibility index (Phi) is 2.95. The van der Waals surface area contributed by atoms with E-state index in [1.165, 1.54) is 25.3 Å². The Bertz CT molecular complexity index is 555. The van der Waals surface area contributed by atoms with E-state index in [1.807, 2.05) is 0 Å². The molecule has 88 valence electrons. The third kappa shape index (κ3) is 2.06. The quantitative estimate of drug-likeness (QED) is 0.811. The van der Waals surface area contributed by atoms with E-state index in [-0.39, 0.29) is 11.4 Å². The standard InChI is InChI=1S/C13H11F2NO/c1-17-12-7-8(6-11(15)13(12)16)9-4-2-3-5-10(9)14/h2-7H,16H2,1H3. The number of nitrogens with two attached hydrogens (primary N) is 1. The van der Waals surface area contributed by atoms with Crippen molar-refractivity contribution in [1.82, 2.24) is 0 Å². The Balaban J connectivity index is 2.61. The number of rotatable bonds is 2. The topological polar surface area (TPSA) is 35.2 Å². The van der Waals surface area contributed by atoms with Gasteiger partial charge in [-0.05, 0) is 23.8 Å². The van der Waals surface area contributed by atoms with Gasteiger partial charge in [-0.25, -0.2) is 8.78 Å². The minimum atomic E-state index is -0.623. The Morgan fingerprint density at radius 2 is 1.76 bits per heavy atom. The predicted molar refractivity (Wildman–Crippen MR) is 62.8 cm³/mol. The van der Waals surface area contributed by atoms with E-state index in [0.717, 1.165) is 0 Å². The van der Waals surface area contributed by atoms with Gasteiger partial charge < -0.3 is 10.5 Å². The first-order valence-electron chi connectivity index (χ1n) is 5.01. The lowest BCUT2D eigenvalue weighted by molar-refractivity contribution is 0.414. The van der Waals surface area contributed by atoms with Crippen molar-refractivity contribution in [1.29, 1.82) is 0 Å². The van der Waals surface area contributed by atoms with E-state index < -0.39 is 11.6 Å². The fraction of sp³-hybridized carbons (Fsp3) is 0.0769. The fourth-order valence-corrected chi connectivity index (χ4v) is 1.61. The third-order valence-electron chi connectivity index (χ3n) is 2.50. The van der Waals surface area contributed by atoms with Gasteiger partial charge in [0.25, 0.3) is 0 Å². The normalized spacial score (nSPS) is 10.3. The van der Waals surface area contributed by atoms with Crippen LogP contribution in [-0.2, 0) is 0 Å². The number of nitrogen functional groups attached to an aromatic ring is 1. The second-order valence-corrected chi connectivity index (χ2v) is 3.55. The average Bonchev–Trinajstić information content (AvgIpc) is 2.33. The maximum absolute atomic E-state index is 13.5. The lowest BCUT2D eigenvalue weighted by Gasteiger charge is -2.09. The molecule has 0 unspecified atom stereocenters. The van der Waals surface area contributed by atoms with Crippen LogP contribution in [0.4, 0.5) is 14.5 Å². The summed E-state index contributed by atoms with van der Waals surface area (Å²) in [4.78, 5) is 0. The molecule has 0 aliphatic rings. The zero-order valence-electron chi connectivity index (χ0n) is 9.21. The molecule has 2 aromatic rings. The van der Waals surface area contributed by atoms with Crippen molar-refractivity contribution in [3.63, 3.8) is 0 Å². The molecule has 0 fully saturated rings. The average molecular weight is 235 g/mol. The molecule has 2 rings (SSSR count). The van der Waals surface area contributed by atoms with E-state index in [4.69, 9.17) is 10.5 Å². The molecule has 0 saturated heterocycles. The van der Waals surface area contributed by atoms with E-state index >= 15 is 0 Å². The summed E-state index contributed by atoms with van der Waals surface area (Å²) in [5.41, 5.74) is 6.11. The van der Waals surface area contributed by atoms with Gasteiger partial charge >= 0.3 is 0 Å². The Hall–Kier alpha value is -2.10. The molecule has 4 heteroatoms. The molecular formula is C13H11F2NO. The maximum atomic E-state index is 13.5. The van der Waals surface area contributed by atoms with Gasteiger partial charge in [-0.1, -0.05) is 18.2 Å². The van der Waals surface area contributed by atoms with Gasteiger partial charge in [-0.2, -0.15) is 0 Å². The third-order valence-corrected chi connectivity index (χ3v) is 2.50. The van der Waals surface area contributed by atoms with E-state index in [9.17, 15) is 8.78 Å². The number of anilines is 1. The molecule has 2 N–H and O–H groups in total.